The third-order valence-corrected chi connectivity index (χ3v) is 4.94. The number of fused-ring (bicyclic) bond motifs is 1. The number of hydrogen-bond acceptors (Lipinski definition) is 4. The molecule has 0 spiro atoms. The molecule has 0 radical (unpaired) electrons. The summed E-state index contributed by atoms with van der Waals surface area (Å²) in [6.07, 6.45) is 4.54. The molecule has 9 heteroatoms. The molecule has 0 unspecified atom stereocenters. The van der Waals surface area contributed by atoms with E-state index >= 15 is 0 Å². The van der Waals surface area contributed by atoms with Gasteiger partial charge in [-0.15, -0.1) is 17.5 Å². The summed E-state index contributed by atoms with van der Waals surface area (Å²) in [6, 6.07) is 10.2. The number of hydrogen-bond donors (Lipinski definition) is 2. The predicted octanol–water partition coefficient (Wildman–Crippen LogP) is 3.49. The molecule has 28 heavy (non-hydrogen) atoms. The van der Waals surface area contributed by atoms with Crippen LogP contribution < -0.4 is 5.32 Å². The van der Waals surface area contributed by atoms with Gasteiger partial charge in [0, 0.05) is 23.9 Å². The minimum atomic E-state index is -0.811. The predicted molar refractivity (Wildman–Crippen MR) is 103 cm³/mol. The fourth-order valence-electron chi connectivity index (χ4n) is 3.35. The molecule has 2 aromatic heterocycles. The molecule has 1 aliphatic carbocycles. The molecule has 0 bridgehead atoms. The van der Waals surface area contributed by atoms with Crippen molar-refractivity contribution in [2.45, 2.75) is 24.9 Å². The Balaban J connectivity index is 0.00000192. The van der Waals surface area contributed by atoms with Crippen LogP contribution in [0, 0.1) is 11.6 Å². The number of aromatic amines is 1. The van der Waals surface area contributed by atoms with E-state index in [1.807, 2.05) is 24.4 Å². The number of aromatic nitrogens is 5. The molecule has 2 N–H and O–H groups in total. The maximum Gasteiger partial charge on any atom is 0.159 e. The standard InChI is InChI=1S/C19H16F2N6.ClH/c20-16-3-1-11(6-17(16)21)15-7-19(15)22-9-13-10-27(26-24-13)14-2-4-18-12(5-14)8-23-25-18;/h1-6,8,10,15,19,22H,7,9H2,(H,23,25);1H/t15-,19+;/m0./s1. The number of nitrogens with one attached hydrogen (secondary N) is 2. The summed E-state index contributed by atoms with van der Waals surface area (Å²) in [5.74, 6) is -1.40. The summed E-state index contributed by atoms with van der Waals surface area (Å²) in [5, 5.41) is 19.7. The largest absolute Gasteiger partial charge is 0.308 e. The molecule has 1 fully saturated rings. The number of halogens is 3. The zero-order valence-electron chi connectivity index (χ0n) is 14.6. The van der Waals surface area contributed by atoms with E-state index in [4.69, 9.17) is 0 Å². The van der Waals surface area contributed by atoms with Crippen molar-refractivity contribution in [3.63, 3.8) is 0 Å². The first-order chi connectivity index (χ1) is 13.2. The smallest absolute Gasteiger partial charge is 0.159 e. The SMILES string of the molecule is Cl.Fc1ccc([C@@H]2C[C@H]2NCc2cn(-c3ccc4[nH]ncc4c3)nn2)cc1F. The normalized spacial score (nSPS) is 18.2. The highest BCUT2D eigenvalue weighted by molar-refractivity contribution is 5.85. The zero-order valence-corrected chi connectivity index (χ0v) is 15.5. The van der Waals surface area contributed by atoms with Gasteiger partial charge in [0.25, 0.3) is 0 Å². The van der Waals surface area contributed by atoms with Crippen LogP contribution in [0.4, 0.5) is 8.78 Å². The average Bonchev–Trinajstić information content (AvgIpc) is 3.07. The van der Waals surface area contributed by atoms with Gasteiger partial charge in [-0.1, -0.05) is 11.3 Å². The first-order valence-electron chi connectivity index (χ1n) is 8.70. The third-order valence-electron chi connectivity index (χ3n) is 4.94. The van der Waals surface area contributed by atoms with E-state index in [2.05, 4.69) is 25.8 Å². The highest BCUT2D eigenvalue weighted by atomic mass is 35.5. The fraction of sp³-hybridized carbons (Fsp3) is 0.211. The molecule has 4 aromatic rings. The Bertz CT molecular complexity index is 1120. The van der Waals surface area contributed by atoms with Crippen molar-refractivity contribution >= 4 is 23.3 Å². The quantitative estimate of drug-likeness (QED) is 0.536. The van der Waals surface area contributed by atoms with Crippen LogP contribution in [0.3, 0.4) is 0 Å². The van der Waals surface area contributed by atoms with Crippen molar-refractivity contribution < 1.29 is 8.78 Å². The molecule has 144 valence electrons. The number of rotatable bonds is 5. The molecule has 2 heterocycles. The van der Waals surface area contributed by atoms with Crippen molar-refractivity contribution in [1.29, 1.82) is 0 Å². The number of benzene rings is 2. The molecule has 1 aliphatic rings. The molecule has 2 atom stereocenters. The summed E-state index contributed by atoms with van der Waals surface area (Å²) in [7, 11) is 0. The fourth-order valence-corrected chi connectivity index (χ4v) is 3.35. The molecule has 5 rings (SSSR count). The lowest BCUT2D eigenvalue weighted by Gasteiger charge is -2.03. The Morgan fingerprint density at radius 2 is 2.04 bits per heavy atom. The zero-order chi connectivity index (χ0) is 18.4. The molecule has 0 aliphatic heterocycles. The number of H-pyrrole nitrogens is 1. The van der Waals surface area contributed by atoms with Crippen LogP contribution in [0.25, 0.3) is 16.6 Å². The maximum atomic E-state index is 13.4. The highest BCUT2D eigenvalue weighted by Gasteiger charge is 2.38. The van der Waals surface area contributed by atoms with Gasteiger partial charge in [0.05, 0.1) is 29.3 Å². The minimum Gasteiger partial charge on any atom is -0.308 e. The van der Waals surface area contributed by atoms with Gasteiger partial charge in [0.2, 0.25) is 0 Å². The lowest BCUT2D eigenvalue weighted by atomic mass is 10.1. The maximum absolute atomic E-state index is 13.4. The van der Waals surface area contributed by atoms with Crippen LogP contribution in [0.1, 0.15) is 23.6 Å². The van der Waals surface area contributed by atoms with Gasteiger partial charge in [-0.25, -0.2) is 13.5 Å². The van der Waals surface area contributed by atoms with Crippen molar-refractivity contribution in [2.75, 3.05) is 0 Å². The lowest BCUT2D eigenvalue weighted by molar-refractivity contribution is 0.506. The molecule has 0 amide bonds. The van der Waals surface area contributed by atoms with E-state index in [9.17, 15) is 8.78 Å². The summed E-state index contributed by atoms with van der Waals surface area (Å²) in [5.41, 5.74) is 3.52. The van der Waals surface area contributed by atoms with Gasteiger partial charge in [-0.05, 0) is 42.3 Å². The Hall–Kier alpha value is -2.84. The van der Waals surface area contributed by atoms with Crippen LogP contribution in [0.15, 0.2) is 48.8 Å². The van der Waals surface area contributed by atoms with Crippen LogP contribution in [0.5, 0.6) is 0 Å². The molecule has 0 saturated heterocycles. The first-order valence-corrected chi connectivity index (χ1v) is 8.70. The Morgan fingerprint density at radius 3 is 2.89 bits per heavy atom. The van der Waals surface area contributed by atoms with Crippen molar-refractivity contribution in [1.82, 2.24) is 30.5 Å². The monoisotopic (exact) mass is 402 g/mol. The second kappa shape index (κ2) is 7.29. The van der Waals surface area contributed by atoms with Gasteiger partial charge in [0.15, 0.2) is 11.6 Å². The van der Waals surface area contributed by atoms with Gasteiger partial charge in [0.1, 0.15) is 0 Å². The second-order valence-electron chi connectivity index (χ2n) is 6.80. The Labute approximate surface area is 165 Å². The van der Waals surface area contributed by atoms with Crippen LogP contribution in [0.2, 0.25) is 0 Å². The van der Waals surface area contributed by atoms with Gasteiger partial charge >= 0.3 is 0 Å². The van der Waals surface area contributed by atoms with Gasteiger partial charge < -0.3 is 5.32 Å². The van der Waals surface area contributed by atoms with E-state index < -0.39 is 11.6 Å². The second-order valence-corrected chi connectivity index (χ2v) is 6.80. The van der Waals surface area contributed by atoms with E-state index in [1.165, 1.54) is 12.1 Å². The summed E-state index contributed by atoms with van der Waals surface area (Å²) < 4.78 is 28.1. The first kappa shape index (κ1) is 18.5. The van der Waals surface area contributed by atoms with Crippen LogP contribution >= 0.6 is 12.4 Å². The average molecular weight is 403 g/mol. The van der Waals surface area contributed by atoms with Gasteiger partial charge in [-0.3, -0.25) is 5.10 Å². The molecular weight excluding hydrogens is 386 g/mol. The van der Waals surface area contributed by atoms with Gasteiger partial charge in [-0.2, -0.15) is 5.10 Å². The van der Waals surface area contributed by atoms with Crippen LogP contribution in [-0.2, 0) is 6.54 Å². The Kier molecular flexibility index (Phi) is 4.82. The Morgan fingerprint density at radius 1 is 1.14 bits per heavy atom. The van der Waals surface area contributed by atoms with E-state index in [0.29, 0.717) is 6.54 Å². The van der Waals surface area contributed by atoms with Crippen molar-refractivity contribution in [3.05, 3.63) is 71.7 Å². The summed E-state index contributed by atoms with van der Waals surface area (Å²) >= 11 is 0. The van der Waals surface area contributed by atoms with Crippen LogP contribution in [-0.4, -0.2) is 31.2 Å². The van der Waals surface area contributed by atoms with E-state index in [1.54, 1.807) is 16.9 Å². The lowest BCUT2D eigenvalue weighted by Crippen LogP contribution is -2.17. The van der Waals surface area contributed by atoms with Crippen molar-refractivity contribution in [3.8, 4) is 5.69 Å². The number of nitrogens with zero attached hydrogens (tertiary/aromatic N) is 4. The topological polar surface area (TPSA) is 71.4 Å². The highest BCUT2D eigenvalue weighted by Crippen LogP contribution is 2.41. The van der Waals surface area contributed by atoms with E-state index in [0.717, 1.165) is 34.3 Å². The molecule has 6 nitrogen and oxygen atoms in total. The third kappa shape index (κ3) is 3.48. The molecule has 2 aromatic carbocycles. The summed E-state index contributed by atoms with van der Waals surface area (Å²) in [6.45, 7) is 0.568. The molecular formula is C19H17ClF2N6. The van der Waals surface area contributed by atoms with Crippen molar-refractivity contribution in [2.24, 2.45) is 0 Å². The minimum absolute atomic E-state index is 0. The molecule has 1 saturated carbocycles. The van der Waals surface area contributed by atoms with E-state index in [-0.39, 0.29) is 24.4 Å². The summed E-state index contributed by atoms with van der Waals surface area (Å²) in [4.78, 5) is 0.